The molecule has 0 radical (unpaired) electrons. The SMILES string of the molecule is CCCC1CCC(OC(=O)C(C)(C)C)CC1.CCCC1CCC(OC(=O)C(C)(C)Cl)CC1.N. The molecule has 3 N–H and O–H groups in total. The molecular formula is C27H52ClNO4. The number of carbonyl (C=O) groups is 2. The van der Waals surface area contributed by atoms with Gasteiger partial charge in [-0.1, -0.05) is 39.5 Å². The van der Waals surface area contributed by atoms with Crippen molar-refractivity contribution < 1.29 is 19.1 Å². The van der Waals surface area contributed by atoms with Crippen LogP contribution in [0.15, 0.2) is 0 Å². The Balaban J connectivity index is 0.000000602. The van der Waals surface area contributed by atoms with Gasteiger partial charge in [-0.05, 0) is 97.8 Å². The molecule has 6 heteroatoms. The van der Waals surface area contributed by atoms with E-state index in [1.807, 2.05) is 20.8 Å². The van der Waals surface area contributed by atoms with Crippen molar-refractivity contribution >= 4 is 23.5 Å². The van der Waals surface area contributed by atoms with Crippen LogP contribution in [0.3, 0.4) is 0 Å². The monoisotopic (exact) mass is 489 g/mol. The molecule has 0 atom stereocenters. The van der Waals surface area contributed by atoms with Gasteiger partial charge in [0.15, 0.2) is 0 Å². The second-order valence-corrected chi connectivity index (χ2v) is 12.3. The highest BCUT2D eigenvalue weighted by Crippen LogP contribution is 2.31. The van der Waals surface area contributed by atoms with Crippen molar-refractivity contribution in [3.05, 3.63) is 0 Å². The van der Waals surface area contributed by atoms with Crippen LogP contribution in [0.5, 0.6) is 0 Å². The van der Waals surface area contributed by atoms with E-state index in [-0.39, 0.29) is 35.7 Å². The fourth-order valence-corrected chi connectivity index (χ4v) is 4.56. The van der Waals surface area contributed by atoms with Crippen molar-refractivity contribution in [2.24, 2.45) is 17.3 Å². The standard InChI is InChI=1S/C14H26O2.C13H23ClO2.H3N/c1-5-6-11-7-9-12(10-8-11)16-13(15)14(2,3)4;1-4-5-10-6-8-11(9-7-10)16-12(15)13(2,3)14;/h11-12H,5-10H2,1-4H3;10-11H,4-9H2,1-3H3;1H3. The van der Waals surface area contributed by atoms with Crippen molar-refractivity contribution in [3.8, 4) is 0 Å². The van der Waals surface area contributed by atoms with Crippen LogP contribution >= 0.6 is 11.6 Å². The van der Waals surface area contributed by atoms with Gasteiger partial charge in [0.2, 0.25) is 0 Å². The molecule has 2 rings (SSSR count). The Morgan fingerprint density at radius 3 is 1.30 bits per heavy atom. The number of alkyl halides is 1. The molecule has 0 bridgehead atoms. The van der Waals surface area contributed by atoms with E-state index in [9.17, 15) is 9.59 Å². The third-order valence-corrected chi connectivity index (χ3v) is 6.78. The second kappa shape index (κ2) is 15.2. The molecule has 0 amide bonds. The molecule has 0 heterocycles. The molecule has 0 unspecified atom stereocenters. The Kier molecular flexibility index (Phi) is 14.9. The fraction of sp³-hybridized carbons (Fsp3) is 0.926. The first kappa shape index (κ1) is 32.2. The summed E-state index contributed by atoms with van der Waals surface area (Å²) in [5, 5.41) is 0. The minimum absolute atomic E-state index is 0. The number of rotatable bonds is 7. The number of hydrogen-bond donors (Lipinski definition) is 1. The van der Waals surface area contributed by atoms with E-state index in [0.29, 0.717) is 0 Å². The van der Waals surface area contributed by atoms with Crippen molar-refractivity contribution in [3.63, 3.8) is 0 Å². The lowest BCUT2D eigenvalue weighted by molar-refractivity contribution is -0.160. The van der Waals surface area contributed by atoms with Crippen molar-refractivity contribution in [2.75, 3.05) is 0 Å². The number of ether oxygens (including phenoxy) is 2. The first-order chi connectivity index (χ1) is 14.9. The van der Waals surface area contributed by atoms with Crippen LogP contribution in [-0.2, 0) is 19.1 Å². The van der Waals surface area contributed by atoms with E-state index >= 15 is 0 Å². The summed E-state index contributed by atoms with van der Waals surface area (Å²) in [5.74, 6) is 1.37. The molecule has 5 nitrogen and oxygen atoms in total. The van der Waals surface area contributed by atoms with Gasteiger partial charge in [-0.25, -0.2) is 0 Å². The minimum Gasteiger partial charge on any atom is -0.462 e. The highest BCUT2D eigenvalue weighted by atomic mass is 35.5. The molecule has 2 aliphatic carbocycles. The quantitative estimate of drug-likeness (QED) is 0.289. The highest BCUT2D eigenvalue weighted by Gasteiger charge is 2.31. The van der Waals surface area contributed by atoms with Crippen molar-refractivity contribution in [2.45, 2.75) is 143 Å². The van der Waals surface area contributed by atoms with Crippen LogP contribution < -0.4 is 6.15 Å². The van der Waals surface area contributed by atoms with E-state index in [1.54, 1.807) is 13.8 Å². The maximum Gasteiger partial charge on any atom is 0.326 e. The van der Waals surface area contributed by atoms with Gasteiger partial charge >= 0.3 is 11.9 Å². The highest BCUT2D eigenvalue weighted by molar-refractivity contribution is 6.33. The number of esters is 2. The third-order valence-electron chi connectivity index (χ3n) is 6.63. The lowest BCUT2D eigenvalue weighted by Gasteiger charge is -2.30. The lowest BCUT2D eigenvalue weighted by atomic mass is 9.84. The van der Waals surface area contributed by atoms with Gasteiger partial charge in [-0.15, -0.1) is 11.6 Å². The summed E-state index contributed by atoms with van der Waals surface area (Å²) in [4.78, 5) is 22.4. The summed E-state index contributed by atoms with van der Waals surface area (Å²) in [6.45, 7) is 13.6. The van der Waals surface area contributed by atoms with Crippen LogP contribution in [0.1, 0.15) is 126 Å². The fourth-order valence-electron chi connectivity index (χ4n) is 4.51. The number of hydrogen-bond acceptors (Lipinski definition) is 5. The first-order valence-corrected chi connectivity index (χ1v) is 13.4. The summed E-state index contributed by atoms with van der Waals surface area (Å²) in [6.07, 6.45) is 14.4. The summed E-state index contributed by atoms with van der Waals surface area (Å²) >= 11 is 5.91. The average Bonchev–Trinajstić information content (AvgIpc) is 2.70. The zero-order valence-electron chi connectivity index (χ0n) is 22.5. The molecular weight excluding hydrogens is 438 g/mol. The van der Waals surface area contributed by atoms with E-state index in [2.05, 4.69) is 13.8 Å². The lowest BCUT2D eigenvalue weighted by Crippen LogP contribution is -2.33. The summed E-state index contributed by atoms with van der Waals surface area (Å²) in [7, 11) is 0. The molecule has 2 aliphatic rings. The van der Waals surface area contributed by atoms with Gasteiger partial charge in [0.05, 0.1) is 5.41 Å². The van der Waals surface area contributed by atoms with Gasteiger partial charge < -0.3 is 15.6 Å². The molecule has 2 saturated carbocycles. The number of halogens is 1. The van der Waals surface area contributed by atoms with Gasteiger partial charge in [-0.2, -0.15) is 0 Å². The maximum atomic E-state index is 11.7. The smallest absolute Gasteiger partial charge is 0.326 e. The Labute approximate surface area is 208 Å². The molecule has 0 aromatic heterocycles. The maximum absolute atomic E-state index is 11.7. The zero-order chi connectivity index (χ0) is 24.4. The van der Waals surface area contributed by atoms with E-state index < -0.39 is 4.87 Å². The predicted molar refractivity (Wildman–Crippen MR) is 138 cm³/mol. The summed E-state index contributed by atoms with van der Waals surface area (Å²) in [6, 6.07) is 0. The van der Waals surface area contributed by atoms with Gasteiger partial charge in [0, 0.05) is 0 Å². The van der Waals surface area contributed by atoms with Crippen LogP contribution in [0.25, 0.3) is 0 Å². The Morgan fingerprint density at radius 2 is 1.03 bits per heavy atom. The van der Waals surface area contributed by atoms with Crippen molar-refractivity contribution in [1.82, 2.24) is 6.15 Å². The Hall–Kier alpha value is -0.810. The normalized spacial score (nSPS) is 25.7. The Morgan fingerprint density at radius 1 is 0.697 bits per heavy atom. The zero-order valence-corrected chi connectivity index (χ0v) is 23.3. The van der Waals surface area contributed by atoms with Crippen LogP contribution in [0, 0.1) is 17.3 Å². The number of carbonyl (C=O) groups excluding carboxylic acids is 2. The molecule has 0 aliphatic heterocycles. The minimum atomic E-state index is -0.889. The van der Waals surface area contributed by atoms with Gasteiger partial charge in [0.1, 0.15) is 17.1 Å². The first-order valence-electron chi connectivity index (χ1n) is 13.0. The van der Waals surface area contributed by atoms with Crippen LogP contribution in [0.4, 0.5) is 0 Å². The molecule has 2 fully saturated rings. The molecule has 0 aromatic rings. The second-order valence-electron chi connectivity index (χ2n) is 11.4. The van der Waals surface area contributed by atoms with Gasteiger partial charge in [-0.3, -0.25) is 9.59 Å². The summed E-state index contributed by atoms with van der Waals surface area (Å²) < 4.78 is 11.0. The molecule has 0 saturated heterocycles. The van der Waals surface area contributed by atoms with Crippen molar-refractivity contribution in [1.29, 1.82) is 0 Å². The average molecular weight is 490 g/mol. The van der Waals surface area contributed by atoms with E-state index in [0.717, 1.165) is 37.5 Å². The van der Waals surface area contributed by atoms with E-state index in [4.69, 9.17) is 21.1 Å². The molecule has 196 valence electrons. The third kappa shape index (κ3) is 13.0. The topological polar surface area (TPSA) is 87.6 Å². The van der Waals surface area contributed by atoms with Gasteiger partial charge in [0.25, 0.3) is 0 Å². The molecule has 0 spiro atoms. The van der Waals surface area contributed by atoms with Crippen LogP contribution in [0.2, 0.25) is 0 Å². The molecule has 33 heavy (non-hydrogen) atoms. The van der Waals surface area contributed by atoms with Crippen LogP contribution in [-0.4, -0.2) is 29.0 Å². The Bertz CT molecular complexity index is 501. The molecule has 0 aromatic carbocycles. The predicted octanol–water partition coefficient (Wildman–Crippen LogP) is 8.00. The van der Waals surface area contributed by atoms with E-state index in [1.165, 1.54) is 51.4 Å². The largest absolute Gasteiger partial charge is 0.462 e. The summed E-state index contributed by atoms with van der Waals surface area (Å²) in [5.41, 5.74) is -0.361.